The fourth-order valence-corrected chi connectivity index (χ4v) is 2.26. The van der Waals surface area contributed by atoms with E-state index in [-0.39, 0.29) is 0 Å². The van der Waals surface area contributed by atoms with E-state index >= 15 is 0 Å². The van der Waals surface area contributed by atoms with Gasteiger partial charge in [-0.15, -0.1) is 0 Å². The summed E-state index contributed by atoms with van der Waals surface area (Å²) < 4.78 is 0.649. The molecule has 3 nitrogen and oxygen atoms in total. The number of halogens is 2. The van der Waals surface area contributed by atoms with Crippen LogP contribution < -0.4 is 0 Å². The number of carboxylic acids is 1. The van der Waals surface area contributed by atoms with Gasteiger partial charge in [0, 0.05) is 10.7 Å². The molecule has 0 fully saturated rings. The number of carbonyl (C=O) groups is 1. The Balaban J connectivity index is 3.05. The van der Waals surface area contributed by atoms with Crippen LogP contribution in [0.15, 0.2) is 16.7 Å². The maximum Gasteiger partial charge on any atom is 0.312 e. The Hall–Kier alpha value is -0.610. The van der Waals surface area contributed by atoms with Crippen LogP contribution in [0, 0.1) is 0 Å². The summed E-state index contributed by atoms with van der Waals surface area (Å²) in [6, 6.07) is 1.66. The van der Waals surface area contributed by atoms with Crippen molar-refractivity contribution in [1.29, 1.82) is 0 Å². The lowest BCUT2D eigenvalue weighted by atomic mass is 9.99. The van der Waals surface area contributed by atoms with Crippen molar-refractivity contribution < 1.29 is 9.90 Å². The molecule has 0 aromatic carbocycles. The third-order valence-electron chi connectivity index (χ3n) is 2.04. The molecule has 0 aliphatic carbocycles. The molecular weight excluding hydrogens is 281 g/mol. The van der Waals surface area contributed by atoms with Gasteiger partial charge < -0.3 is 5.11 Å². The summed E-state index contributed by atoms with van der Waals surface area (Å²) in [6.45, 7) is 1.94. The third-order valence-corrected chi connectivity index (χ3v) is 2.88. The van der Waals surface area contributed by atoms with Crippen molar-refractivity contribution in [3.63, 3.8) is 0 Å². The van der Waals surface area contributed by atoms with Crippen LogP contribution in [0.5, 0.6) is 0 Å². The summed E-state index contributed by atoms with van der Waals surface area (Å²) in [5.41, 5.74) is 0.536. The average Bonchev–Trinajstić information content (AvgIpc) is 2.15. The van der Waals surface area contributed by atoms with Crippen LogP contribution in [-0.4, -0.2) is 16.1 Å². The van der Waals surface area contributed by atoms with Gasteiger partial charge in [-0.25, -0.2) is 0 Å². The highest BCUT2D eigenvalue weighted by molar-refractivity contribution is 9.10. The molecule has 15 heavy (non-hydrogen) atoms. The Labute approximate surface area is 102 Å². The van der Waals surface area contributed by atoms with Crippen LogP contribution in [-0.2, 0) is 4.79 Å². The minimum Gasteiger partial charge on any atom is -0.481 e. The Bertz CT molecular complexity index is 370. The number of aromatic nitrogens is 1. The monoisotopic (exact) mass is 291 g/mol. The first-order chi connectivity index (χ1) is 7.06. The summed E-state index contributed by atoms with van der Waals surface area (Å²) in [5, 5.41) is 9.55. The molecule has 0 spiro atoms. The van der Waals surface area contributed by atoms with E-state index in [1.54, 1.807) is 6.07 Å². The Morgan fingerprint density at radius 2 is 2.40 bits per heavy atom. The van der Waals surface area contributed by atoms with Gasteiger partial charge in [0.05, 0.1) is 16.6 Å². The minimum absolute atomic E-state index is 0.492. The number of rotatable bonds is 4. The highest BCUT2D eigenvalue weighted by atomic mass is 79.9. The molecule has 0 bridgehead atoms. The van der Waals surface area contributed by atoms with Gasteiger partial charge in [0.15, 0.2) is 0 Å². The number of carboxylic acid groups (broad SMARTS) is 1. The molecular formula is C10H11BrClNO2. The molecule has 0 radical (unpaired) electrons. The molecule has 1 atom stereocenters. The average molecular weight is 293 g/mol. The van der Waals surface area contributed by atoms with E-state index in [9.17, 15) is 4.79 Å². The zero-order valence-electron chi connectivity index (χ0n) is 8.20. The van der Waals surface area contributed by atoms with Crippen molar-refractivity contribution in [2.75, 3.05) is 0 Å². The van der Waals surface area contributed by atoms with Crippen LogP contribution in [0.25, 0.3) is 0 Å². The van der Waals surface area contributed by atoms with Crippen molar-refractivity contribution >= 4 is 33.5 Å². The molecule has 1 aromatic heterocycles. The standard InChI is InChI=1S/C10H11BrClNO2/c1-2-3-7(10(14)15)9-8(11)4-6(12)5-13-9/h4-5,7H,2-3H2,1H3,(H,14,15). The predicted molar refractivity (Wildman–Crippen MR) is 62.2 cm³/mol. The lowest BCUT2D eigenvalue weighted by molar-refractivity contribution is -0.139. The summed E-state index contributed by atoms with van der Waals surface area (Å²) in [7, 11) is 0. The quantitative estimate of drug-likeness (QED) is 0.924. The van der Waals surface area contributed by atoms with Crippen LogP contribution in [0.4, 0.5) is 0 Å². The fourth-order valence-electron chi connectivity index (χ4n) is 1.35. The van der Waals surface area contributed by atoms with Crippen LogP contribution in [0.2, 0.25) is 5.02 Å². The Morgan fingerprint density at radius 3 is 2.87 bits per heavy atom. The summed E-state index contributed by atoms with van der Waals surface area (Å²) in [6.07, 6.45) is 2.84. The molecule has 0 saturated heterocycles. The van der Waals surface area contributed by atoms with Gasteiger partial charge in [-0.05, 0) is 28.4 Å². The molecule has 1 heterocycles. The van der Waals surface area contributed by atoms with E-state index in [4.69, 9.17) is 16.7 Å². The number of hydrogen-bond acceptors (Lipinski definition) is 2. The van der Waals surface area contributed by atoms with Gasteiger partial charge in [-0.3, -0.25) is 9.78 Å². The highest BCUT2D eigenvalue weighted by Gasteiger charge is 2.22. The van der Waals surface area contributed by atoms with Crippen molar-refractivity contribution in [3.8, 4) is 0 Å². The molecule has 1 aromatic rings. The van der Waals surface area contributed by atoms with E-state index in [2.05, 4.69) is 20.9 Å². The van der Waals surface area contributed by atoms with Crippen molar-refractivity contribution in [3.05, 3.63) is 27.5 Å². The number of nitrogens with zero attached hydrogens (tertiary/aromatic N) is 1. The van der Waals surface area contributed by atoms with Crippen molar-refractivity contribution in [2.24, 2.45) is 0 Å². The molecule has 0 aliphatic rings. The van der Waals surface area contributed by atoms with E-state index in [0.717, 1.165) is 6.42 Å². The Morgan fingerprint density at radius 1 is 1.73 bits per heavy atom. The smallest absolute Gasteiger partial charge is 0.312 e. The second kappa shape index (κ2) is 5.47. The minimum atomic E-state index is -0.854. The second-order valence-electron chi connectivity index (χ2n) is 3.20. The van der Waals surface area contributed by atoms with Gasteiger partial charge >= 0.3 is 5.97 Å². The lowest BCUT2D eigenvalue weighted by Gasteiger charge is -2.12. The van der Waals surface area contributed by atoms with Crippen LogP contribution >= 0.6 is 27.5 Å². The van der Waals surface area contributed by atoms with E-state index in [1.165, 1.54) is 6.20 Å². The largest absolute Gasteiger partial charge is 0.481 e. The van der Waals surface area contributed by atoms with E-state index in [0.29, 0.717) is 21.6 Å². The fraction of sp³-hybridized carbons (Fsp3) is 0.400. The van der Waals surface area contributed by atoms with Gasteiger partial charge in [0.25, 0.3) is 0 Å². The third kappa shape index (κ3) is 3.18. The maximum absolute atomic E-state index is 11.0. The summed E-state index contributed by atoms with van der Waals surface area (Å²) >= 11 is 9.01. The molecule has 5 heteroatoms. The molecule has 0 amide bonds. The van der Waals surface area contributed by atoms with E-state index < -0.39 is 11.9 Å². The van der Waals surface area contributed by atoms with Crippen molar-refractivity contribution in [2.45, 2.75) is 25.7 Å². The first-order valence-electron chi connectivity index (χ1n) is 4.60. The molecule has 1 rings (SSSR count). The number of aliphatic carboxylic acids is 1. The molecule has 1 unspecified atom stereocenters. The van der Waals surface area contributed by atoms with Crippen LogP contribution in [0.3, 0.4) is 0 Å². The number of hydrogen-bond donors (Lipinski definition) is 1. The SMILES string of the molecule is CCCC(C(=O)O)c1ncc(Cl)cc1Br. The van der Waals surface area contributed by atoms with Crippen molar-refractivity contribution in [1.82, 2.24) is 4.98 Å². The second-order valence-corrected chi connectivity index (χ2v) is 4.49. The summed E-state index contributed by atoms with van der Waals surface area (Å²) in [5.74, 6) is -1.42. The topological polar surface area (TPSA) is 50.2 Å². The first kappa shape index (κ1) is 12.5. The molecule has 0 aliphatic heterocycles. The normalized spacial score (nSPS) is 12.5. The van der Waals surface area contributed by atoms with E-state index in [1.807, 2.05) is 6.92 Å². The van der Waals surface area contributed by atoms with Gasteiger partial charge in [0.2, 0.25) is 0 Å². The van der Waals surface area contributed by atoms with Crippen LogP contribution in [0.1, 0.15) is 31.4 Å². The Kier molecular flexibility index (Phi) is 4.54. The molecule has 0 saturated carbocycles. The highest BCUT2D eigenvalue weighted by Crippen LogP contribution is 2.28. The first-order valence-corrected chi connectivity index (χ1v) is 5.77. The maximum atomic E-state index is 11.0. The lowest BCUT2D eigenvalue weighted by Crippen LogP contribution is -2.13. The molecule has 1 N–H and O–H groups in total. The summed E-state index contributed by atoms with van der Waals surface area (Å²) in [4.78, 5) is 15.1. The zero-order valence-corrected chi connectivity index (χ0v) is 10.5. The number of pyridine rings is 1. The zero-order chi connectivity index (χ0) is 11.4. The predicted octanol–water partition coefficient (Wildman–Crippen LogP) is 3.47. The van der Waals surface area contributed by atoms with Gasteiger partial charge in [-0.1, -0.05) is 24.9 Å². The van der Waals surface area contributed by atoms with Gasteiger partial charge in [-0.2, -0.15) is 0 Å². The molecule has 82 valence electrons. The van der Waals surface area contributed by atoms with Gasteiger partial charge in [0.1, 0.15) is 0 Å².